The molecular weight excluding hydrogens is 374 g/mol. The standard InChI is InChI=1S/C14H19Br2NO2/c1-2-18-14-10(6-11(15)7-13(14)16)8-17-9-12-4-3-5-19-12/h6-7,12,17H,2-5,8-9H2,1H3. The Bertz CT molecular complexity index is 420. The van der Waals surface area contributed by atoms with E-state index in [4.69, 9.17) is 9.47 Å². The molecular formula is C14H19Br2NO2. The van der Waals surface area contributed by atoms with E-state index in [0.717, 1.165) is 46.4 Å². The summed E-state index contributed by atoms with van der Waals surface area (Å²) in [6, 6.07) is 4.10. The van der Waals surface area contributed by atoms with Gasteiger partial charge in [0.15, 0.2) is 0 Å². The second kappa shape index (κ2) is 7.62. The zero-order valence-corrected chi connectivity index (χ0v) is 14.2. The fraction of sp³-hybridized carbons (Fsp3) is 0.571. The maximum absolute atomic E-state index is 5.71. The summed E-state index contributed by atoms with van der Waals surface area (Å²) in [6.45, 7) is 5.25. The Morgan fingerprint density at radius 3 is 2.95 bits per heavy atom. The summed E-state index contributed by atoms with van der Waals surface area (Å²) in [5.41, 5.74) is 1.15. The number of hydrogen-bond acceptors (Lipinski definition) is 3. The molecule has 1 aliphatic heterocycles. The van der Waals surface area contributed by atoms with Crippen molar-refractivity contribution < 1.29 is 9.47 Å². The first-order valence-electron chi connectivity index (χ1n) is 6.63. The van der Waals surface area contributed by atoms with Crippen LogP contribution >= 0.6 is 31.9 Å². The zero-order chi connectivity index (χ0) is 13.7. The average Bonchev–Trinajstić information content (AvgIpc) is 2.86. The Labute approximate surface area is 131 Å². The van der Waals surface area contributed by atoms with Crippen molar-refractivity contribution >= 4 is 31.9 Å². The van der Waals surface area contributed by atoms with Gasteiger partial charge in [-0.15, -0.1) is 0 Å². The van der Waals surface area contributed by atoms with Gasteiger partial charge in [0.1, 0.15) is 5.75 Å². The van der Waals surface area contributed by atoms with E-state index < -0.39 is 0 Å². The summed E-state index contributed by atoms with van der Waals surface area (Å²) in [5, 5.41) is 3.45. The lowest BCUT2D eigenvalue weighted by atomic mass is 10.2. The van der Waals surface area contributed by atoms with Gasteiger partial charge in [-0.25, -0.2) is 0 Å². The summed E-state index contributed by atoms with van der Waals surface area (Å²) < 4.78 is 13.3. The van der Waals surface area contributed by atoms with Crippen LogP contribution in [0.4, 0.5) is 0 Å². The molecule has 0 saturated carbocycles. The van der Waals surface area contributed by atoms with E-state index in [1.54, 1.807) is 0 Å². The maximum Gasteiger partial charge on any atom is 0.138 e. The van der Waals surface area contributed by atoms with Gasteiger partial charge in [-0.2, -0.15) is 0 Å². The Balaban J connectivity index is 1.97. The molecule has 0 aromatic heterocycles. The lowest BCUT2D eigenvalue weighted by Crippen LogP contribution is -2.26. The Morgan fingerprint density at radius 1 is 1.42 bits per heavy atom. The molecule has 1 N–H and O–H groups in total. The van der Waals surface area contributed by atoms with E-state index in [-0.39, 0.29) is 0 Å². The number of ether oxygens (including phenoxy) is 2. The van der Waals surface area contributed by atoms with Crippen LogP contribution in [-0.2, 0) is 11.3 Å². The molecule has 0 amide bonds. The van der Waals surface area contributed by atoms with E-state index in [1.165, 1.54) is 6.42 Å². The van der Waals surface area contributed by atoms with Crippen molar-refractivity contribution in [3.05, 3.63) is 26.6 Å². The summed E-state index contributed by atoms with van der Waals surface area (Å²) >= 11 is 7.07. The third-order valence-electron chi connectivity index (χ3n) is 3.09. The average molecular weight is 393 g/mol. The van der Waals surface area contributed by atoms with Crippen molar-refractivity contribution in [2.75, 3.05) is 19.8 Å². The zero-order valence-electron chi connectivity index (χ0n) is 11.0. The van der Waals surface area contributed by atoms with Gasteiger partial charge in [0.2, 0.25) is 0 Å². The maximum atomic E-state index is 5.71. The van der Waals surface area contributed by atoms with Gasteiger partial charge < -0.3 is 14.8 Å². The van der Waals surface area contributed by atoms with Crippen molar-refractivity contribution in [3.8, 4) is 5.75 Å². The van der Waals surface area contributed by atoms with Gasteiger partial charge in [-0.1, -0.05) is 15.9 Å². The molecule has 1 aromatic carbocycles. The topological polar surface area (TPSA) is 30.5 Å². The predicted molar refractivity (Wildman–Crippen MR) is 83.7 cm³/mol. The molecule has 0 radical (unpaired) electrons. The molecule has 1 saturated heterocycles. The number of benzene rings is 1. The monoisotopic (exact) mass is 391 g/mol. The minimum atomic E-state index is 0.367. The highest BCUT2D eigenvalue weighted by Crippen LogP contribution is 2.33. The summed E-state index contributed by atoms with van der Waals surface area (Å²) in [4.78, 5) is 0. The van der Waals surface area contributed by atoms with Crippen LogP contribution in [0.1, 0.15) is 25.3 Å². The van der Waals surface area contributed by atoms with Crippen LogP contribution < -0.4 is 10.1 Å². The van der Waals surface area contributed by atoms with Gasteiger partial charge in [-0.05, 0) is 47.8 Å². The molecule has 1 fully saturated rings. The highest BCUT2D eigenvalue weighted by atomic mass is 79.9. The highest BCUT2D eigenvalue weighted by Gasteiger charge is 2.15. The first-order chi connectivity index (χ1) is 9.20. The van der Waals surface area contributed by atoms with Crippen LogP contribution in [0.5, 0.6) is 5.75 Å². The number of nitrogens with one attached hydrogen (secondary N) is 1. The predicted octanol–water partition coefficient (Wildman–Crippen LogP) is 3.88. The molecule has 1 aliphatic rings. The number of hydrogen-bond donors (Lipinski definition) is 1. The molecule has 0 aliphatic carbocycles. The molecule has 1 aromatic rings. The summed E-state index contributed by atoms with van der Waals surface area (Å²) in [6.07, 6.45) is 2.71. The van der Waals surface area contributed by atoms with Crippen molar-refractivity contribution in [1.29, 1.82) is 0 Å². The molecule has 3 nitrogen and oxygen atoms in total. The van der Waals surface area contributed by atoms with E-state index in [9.17, 15) is 0 Å². The lowest BCUT2D eigenvalue weighted by molar-refractivity contribution is 0.110. The summed E-state index contributed by atoms with van der Waals surface area (Å²) in [5.74, 6) is 0.922. The SMILES string of the molecule is CCOc1c(Br)cc(Br)cc1CNCC1CCCO1. The second-order valence-corrected chi connectivity index (χ2v) is 6.34. The third kappa shape index (κ3) is 4.45. The smallest absolute Gasteiger partial charge is 0.138 e. The number of halogens is 2. The molecule has 1 atom stereocenters. The van der Waals surface area contributed by atoms with E-state index in [2.05, 4.69) is 43.2 Å². The molecule has 5 heteroatoms. The minimum Gasteiger partial charge on any atom is -0.492 e. The molecule has 2 rings (SSSR count). The second-order valence-electron chi connectivity index (χ2n) is 4.57. The van der Waals surface area contributed by atoms with Crippen LogP contribution in [0, 0.1) is 0 Å². The van der Waals surface area contributed by atoms with Gasteiger partial charge in [0, 0.05) is 29.7 Å². The molecule has 1 unspecified atom stereocenters. The Morgan fingerprint density at radius 2 is 2.26 bits per heavy atom. The van der Waals surface area contributed by atoms with Crippen LogP contribution in [0.3, 0.4) is 0 Å². The molecule has 106 valence electrons. The minimum absolute atomic E-state index is 0.367. The fourth-order valence-corrected chi connectivity index (χ4v) is 3.65. The van der Waals surface area contributed by atoms with E-state index >= 15 is 0 Å². The Hall–Kier alpha value is -0.100. The largest absolute Gasteiger partial charge is 0.492 e. The van der Waals surface area contributed by atoms with Gasteiger partial charge in [-0.3, -0.25) is 0 Å². The van der Waals surface area contributed by atoms with Gasteiger partial charge >= 0.3 is 0 Å². The number of rotatable bonds is 6. The van der Waals surface area contributed by atoms with Crippen molar-refractivity contribution in [2.24, 2.45) is 0 Å². The van der Waals surface area contributed by atoms with Gasteiger partial charge in [0.25, 0.3) is 0 Å². The summed E-state index contributed by atoms with van der Waals surface area (Å²) in [7, 11) is 0. The molecule has 19 heavy (non-hydrogen) atoms. The van der Waals surface area contributed by atoms with Crippen LogP contribution in [0.25, 0.3) is 0 Å². The van der Waals surface area contributed by atoms with Gasteiger partial charge in [0.05, 0.1) is 17.2 Å². The van der Waals surface area contributed by atoms with Crippen molar-refractivity contribution in [1.82, 2.24) is 5.32 Å². The lowest BCUT2D eigenvalue weighted by Gasteiger charge is -2.15. The quantitative estimate of drug-likeness (QED) is 0.796. The molecule has 0 spiro atoms. The van der Waals surface area contributed by atoms with E-state index in [1.807, 2.05) is 13.0 Å². The first kappa shape index (κ1) is 15.3. The van der Waals surface area contributed by atoms with Crippen LogP contribution in [0.2, 0.25) is 0 Å². The Kier molecular flexibility index (Phi) is 6.13. The highest BCUT2D eigenvalue weighted by molar-refractivity contribution is 9.11. The molecule has 0 bridgehead atoms. The third-order valence-corrected chi connectivity index (χ3v) is 4.13. The normalized spacial score (nSPS) is 18.8. The fourth-order valence-electron chi connectivity index (χ4n) is 2.22. The van der Waals surface area contributed by atoms with Crippen LogP contribution in [-0.4, -0.2) is 25.9 Å². The molecule has 1 heterocycles. The van der Waals surface area contributed by atoms with E-state index in [0.29, 0.717) is 12.7 Å². The first-order valence-corrected chi connectivity index (χ1v) is 8.22. The van der Waals surface area contributed by atoms with Crippen LogP contribution in [0.15, 0.2) is 21.1 Å². The van der Waals surface area contributed by atoms with Crippen molar-refractivity contribution in [2.45, 2.75) is 32.4 Å². The van der Waals surface area contributed by atoms with Crippen molar-refractivity contribution in [3.63, 3.8) is 0 Å².